The predicted octanol–water partition coefficient (Wildman–Crippen LogP) is 4.53. The summed E-state index contributed by atoms with van der Waals surface area (Å²) in [5, 5.41) is 5.14. The minimum atomic E-state index is -0.251. The number of likely N-dealkylation sites (tertiary alicyclic amines) is 1. The fourth-order valence-corrected chi connectivity index (χ4v) is 3.82. The molecular formula is C25H28N2O4. The van der Waals surface area contributed by atoms with Gasteiger partial charge in [-0.05, 0) is 54.3 Å². The zero-order chi connectivity index (χ0) is 21.5. The number of hydrogen-bond donors (Lipinski definition) is 1. The highest BCUT2D eigenvalue weighted by Crippen LogP contribution is 2.22. The first-order chi connectivity index (χ1) is 15.2. The SMILES string of the molecule is O=C(NCCCN1CCCCCC1=O)c1ccc(COc2ccc3ccccc3c2)o1. The third-order valence-electron chi connectivity index (χ3n) is 5.55. The van der Waals surface area contributed by atoms with Crippen LogP contribution in [-0.4, -0.2) is 36.3 Å². The van der Waals surface area contributed by atoms with Crippen molar-refractivity contribution < 1.29 is 18.7 Å². The Kier molecular flexibility index (Phi) is 6.87. The van der Waals surface area contributed by atoms with Crippen molar-refractivity contribution in [1.82, 2.24) is 10.2 Å². The van der Waals surface area contributed by atoms with Gasteiger partial charge in [0.2, 0.25) is 5.91 Å². The molecule has 1 fully saturated rings. The molecule has 1 saturated heterocycles. The quantitative estimate of drug-likeness (QED) is 0.543. The van der Waals surface area contributed by atoms with Crippen molar-refractivity contribution in [3.63, 3.8) is 0 Å². The van der Waals surface area contributed by atoms with Crippen LogP contribution in [0.4, 0.5) is 0 Å². The molecule has 1 aromatic heterocycles. The summed E-state index contributed by atoms with van der Waals surface area (Å²) in [4.78, 5) is 26.2. The molecule has 3 aromatic rings. The van der Waals surface area contributed by atoms with Crippen LogP contribution >= 0.6 is 0 Å². The van der Waals surface area contributed by atoms with Crippen LogP contribution in [0.1, 0.15) is 48.4 Å². The number of ether oxygens (including phenoxy) is 1. The molecule has 0 atom stereocenters. The fourth-order valence-electron chi connectivity index (χ4n) is 3.82. The van der Waals surface area contributed by atoms with Crippen LogP contribution in [0.15, 0.2) is 59.0 Å². The van der Waals surface area contributed by atoms with Crippen molar-refractivity contribution in [2.24, 2.45) is 0 Å². The van der Waals surface area contributed by atoms with Crippen molar-refractivity contribution in [3.05, 3.63) is 66.1 Å². The zero-order valence-electron chi connectivity index (χ0n) is 17.6. The molecule has 2 amide bonds. The van der Waals surface area contributed by atoms with E-state index in [0.29, 0.717) is 25.3 Å². The van der Waals surface area contributed by atoms with E-state index in [1.165, 1.54) is 0 Å². The molecule has 2 heterocycles. The minimum Gasteiger partial charge on any atom is -0.486 e. The van der Waals surface area contributed by atoms with E-state index in [0.717, 1.165) is 48.8 Å². The number of amides is 2. The second-order valence-corrected chi connectivity index (χ2v) is 7.86. The molecule has 4 rings (SSSR count). The monoisotopic (exact) mass is 420 g/mol. The maximum Gasteiger partial charge on any atom is 0.286 e. The largest absolute Gasteiger partial charge is 0.486 e. The van der Waals surface area contributed by atoms with Crippen LogP contribution in [0.25, 0.3) is 10.8 Å². The van der Waals surface area contributed by atoms with Crippen molar-refractivity contribution >= 4 is 22.6 Å². The Labute approximate surface area is 182 Å². The smallest absolute Gasteiger partial charge is 0.286 e. The van der Waals surface area contributed by atoms with Gasteiger partial charge in [0.05, 0.1) is 0 Å². The lowest BCUT2D eigenvalue weighted by Gasteiger charge is -2.20. The second kappa shape index (κ2) is 10.2. The number of nitrogens with one attached hydrogen (secondary N) is 1. The highest BCUT2D eigenvalue weighted by atomic mass is 16.5. The Morgan fingerprint density at radius 1 is 1.03 bits per heavy atom. The van der Waals surface area contributed by atoms with Crippen molar-refractivity contribution in [2.75, 3.05) is 19.6 Å². The Morgan fingerprint density at radius 2 is 1.90 bits per heavy atom. The molecule has 1 aliphatic heterocycles. The Bertz CT molecular complexity index is 1040. The Hall–Kier alpha value is -3.28. The first-order valence-corrected chi connectivity index (χ1v) is 11.0. The maximum absolute atomic E-state index is 12.3. The molecule has 0 saturated carbocycles. The van der Waals surface area contributed by atoms with Crippen molar-refractivity contribution in [2.45, 2.75) is 38.7 Å². The first-order valence-electron chi connectivity index (χ1n) is 11.0. The molecule has 2 aromatic carbocycles. The number of nitrogens with zero attached hydrogens (tertiary/aromatic N) is 1. The summed E-state index contributed by atoms with van der Waals surface area (Å²) in [5.41, 5.74) is 0. The molecule has 6 nitrogen and oxygen atoms in total. The standard InChI is InChI=1S/C25H28N2O4/c28-24-9-2-1-5-15-27(24)16-6-14-26-25(29)23-13-12-22(31-23)18-30-21-11-10-19-7-3-4-8-20(19)17-21/h3-4,7-8,10-13,17H,1-2,5-6,9,14-16,18H2,(H,26,29). The topological polar surface area (TPSA) is 71.8 Å². The molecule has 0 aliphatic carbocycles. The lowest BCUT2D eigenvalue weighted by Crippen LogP contribution is -2.33. The van der Waals surface area contributed by atoms with E-state index in [1.807, 2.05) is 41.3 Å². The number of carbonyl (C=O) groups is 2. The van der Waals surface area contributed by atoms with Crippen LogP contribution in [0.3, 0.4) is 0 Å². The molecule has 31 heavy (non-hydrogen) atoms. The van der Waals surface area contributed by atoms with Gasteiger partial charge in [0.15, 0.2) is 5.76 Å². The molecular weight excluding hydrogens is 392 g/mol. The number of hydrogen-bond acceptors (Lipinski definition) is 4. The normalized spacial score (nSPS) is 14.5. The summed E-state index contributed by atoms with van der Waals surface area (Å²) in [5.74, 6) is 1.59. The summed E-state index contributed by atoms with van der Waals surface area (Å²) < 4.78 is 11.4. The van der Waals surface area contributed by atoms with Crippen molar-refractivity contribution in [3.8, 4) is 5.75 Å². The van der Waals surface area contributed by atoms with E-state index in [9.17, 15) is 9.59 Å². The van der Waals surface area contributed by atoms with Gasteiger partial charge >= 0.3 is 0 Å². The highest BCUT2D eigenvalue weighted by Gasteiger charge is 2.16. The number of benzene rings is 2. The van der Waals surface area contributed by atoms with Gasteiger partial charge in [-0.15, -0.1) is 0 Å². The van der Waals surface area contributed by atoms with Gasteiger partial charge in [0, 0.05) is 26.1 Å². The highest BCUT2D eigenvalue weighted by molar-refractivity contribution is 5.91. The molecule has 0 radical (unpaired) electrons. The van der Waals surface area contributed by atoms with E-state index in [1.54, 1.807) is 12.1 Å². The third kappa shape index (κ3) is 5.66. The average molecular weight is 421 g/mol. The molecule has 162 valence electrons. The third-order valence-corrected chi connectivity index (χ3v) is 5.55. The summed E-state index contributed by atoms with van der Waals surface area (Å²) in [6.07, 6.45) is 4.54. The molecule has 1 aliphatic rings. The first kappa shape index (κ1) is 21.0. The number of rotatable bonds is 8. The van der Waals surface area contributed by atoms with Gasteiger partial charge in [0.1, 0.15) is 18.1 Å². The maximum atomic E-state index is 12.3. The Morgan fingerprint density at radius 3 is 2.81 bits per heavy atom. The van der Waals surface area contributed by atoms with E-state index in [-0.39, 0.29) is 24.2 Å². The van der Waals surface area contributed by atoms with Gasteiger partial charge in [-0.25, -0.2) is 0 Å². The molecule has 0 bridgehead atoms. The lowest BCUT2D eigenvalue weighted by atomic mass is 10.1. The van der Waals surface area contributed by atoms with Gasteiger partial charge in [0.25, 0.3) is 5.91 Å². The van der Waals surface area contributed by atoms with Crippen LogP contribution < -0.4 is 10.1 Å². The van der Waals surface area contributed by atoms with Crippen LogP contribution in [0, 0.1) is 0 Å². The van der Waals surface area contributed by atoms with Gasteiger partial charge in [-0.3, -0.25) is 9.59 Å². The number of carbonyl (C=O) groups excluding carboxylic acids is 2. The van der Waals surface area contributed by atoms with Gasteiger partial charge in [-0.2, -0.15) is 0 Å². The van der Waals surface area contributed by atoms with Gasteiger partial charge in [-0.1, -0.05) is 36.8 Å². The van der Waals surface area contributed by atoms with E-state index in [2.05, 4.69) is 11.4 Å². The van der Waals surface area contributed by atoms with E-state index >= 15 is 0 Å². The predicted molar refractivity (Wildman–Crippen MR) is 119 cm³/mol. The second-order valence-electron chi connectivity index (χ2n) is 7.86. The van der Waals surface area contributed by atoms with Crippen LogP contribution in [0.5, 0.6) is 5.75 Å². The van der Waals surface area contributed by atoms with Crippen LogP contribution in [0.2, 0.25) is 0 Å². The molecule has 1 N–H and O–H groups in total. The number of furan rings is 1. The van der Waals surface area contributed by atoms with E-state index < -0.39 is 0 Å². The fraction of sp³-hybridized carbons (Fsp3) is 0.360. The number of fused-ring (bicyclic) bond motifs is 1. The van der Waals surface area contributed by atoms with Crippen molar-refractivity contribution in [1.29, 1.82) is 0 Å². The molecule has 0 unspecified atom stereocenters. The summed E-state index contributed by atoms with van der Waals surface area (Å²) in [6.45, 7) is 2.27. The van der Waals surface area contributed by atoms with E-state index in [4.69, 9.17) is 9.15 Å². The summed E-state index contributed by atoms with van der Waals surface area (Å²) in [6, 6.07) is 17.4. The average Bonchev–Trinajstić information content (AvgIpc) is 3.18. The zero-order valence-corrected chi connectivity index (χ0v) is 17.6. The van der Waals surface area contributed by atoms with Crippen LogP contribution in [-0.2, 0) is 11.4 Å². The Balaban J connectivity index is 1.22. The van der Waals surface area contributed by atoms with Gasteiger partial charge < -0.3 is 19.4 Å². The lowest BCUT2D eigenvalue weighted by molar-refractivity contribution is -0.130. The minimum absolute atomic E-state index is 0.228. The summed E-state index contributed by atoms with van der Waals surface area (Å²) in [7, 11) is 0. The molecule has 6 heteroatoms. The summed E-state index contributed by atoms with van der Waals surface area (Å²) >= 11 is 0. The molecule has 0 spiro atoms.